The van der Waals surface area contributed by atoms with Gasteiger partial charge in [0.05, 0.1) is 6.04 Å². The molecule has 0 fully saturated rings. The molecule has 1 atom stereocenters. The molecule has 4 aromatic rings. The fourth-order valence-electron chi connectivity index (χ4n) is 3.91. The molecule has 1 aliphatic rings. The van der Waals surface area contributed by atoms with Crippen LogP contribution < -0.4 is 4.90 Å². The standard InChI is InChI=1S/C25H21NS/c1-18-12-14-24-22(16-18)23-17-21(13-15-25(23)27-24)26(19-8-4-2-5-9-19)20-10-6-3-7-11-20/h2-10,12-17,20H,11H2,1H3. The van der Waals surface area contributed by atoms with Crippen LogP contribution in [-0.4, -0.2) is 6.04 Å². The minimum absolute atomic E-state index is 0.335. The van der Waals surface area contributed by atoms with Gasteiger partial charge in [-0.1, -0.05) is 54.1 Å². The van der Waals surface area contributed by atoms with E-state index in [9.17, 15) is 0 Å². The highest BCUT2D eigenvalue weighted by molar-refractivity contribution is 7.25. The van der Waals surface area contributed by atoms with Crippen LogP contribution >= 0.6 is 11.3 Å². The summed E-state index contributed by atoms with van der Waals surface area (Å²) in [4.78, 5) is 2.46. The number of benzene rings is 3. The zero-order valence-corrected chi connectivity index (χ0v) is 16.1. The van der Waals surface area contributed by atoms with Crippen LogP contribution in [-0.2, 0) is 0 Å². The highest BCUT2D eigenvalue weighted by atomic mass is 32.1. The van der Waals surface area contributed by atoms with Gasteiger partial charge in [-0.3, -0.25) is 0 Å². The normalized spacial score (nSPS) is 16.3. The van der Waals surface area contributed by atoms with Gasteiger partial charge in [-0.05, 0) is 55.8 Å². The molecule has 1 aromatic heterocycles. The first-order valence-electron chi connectivity index (χ1n) is 9.40. The zero-order valence-electron chi connectivity index (χ0n) is 15.3. The first kappa shape index (κ1) is 16.3. The summed E-state index contributed by atoms with van der Waals surface area (Å²) < 4.78 is 2.71. The molecular weight excluding hydrogens is 346 g/mol. The summed E-state index contributed by atoms with van der Waals surface area (Å²) in [5.74, 6) is 0. The molecule has 1 unspecified atom stereocenters. The molecule has 5 rings (SSSR count). The second-order valence-corrected chi connectivity index (χ2v) is 8.19. The molecule has 0 radical (unpaired) electrons. The molecule has 1 heterocycles. The molecule has 0 saturated carbocycles. The van der Waals surface area contributed by atoms with Crippen LogP contribution in [0.3, 0.4) is 0 Å². The van der Waals surface area contributed by atoms with Crippen LogP contribution in [0, 0.1) is 6.92 Å². The molecule has 1 nitrogen and oxygen atoms in total. The predicted octanol–water partition coefficient (Wildman–Crippen LogP) is 7.39. The van der Waals surface area contributed by atoms with Gasteiger partial charge in [-0.2, -0.15) is 0 Å². The summed E-state index contributed by atoms with van der Waals surface area (Å²) in [5, 5.41) is 2.72. The van der Waals surface area contributed by atoms with Gasteiger partial charge in [0.2, 0.25) is 0 Å². The molecule has 0 amide bonds. The Morgan fingerprint density at radius 1 is 0.815 bits per heavy atom. The van der Waals surface area contributed by atoms with Gasteiger partial charge >= 0.3 is 0 Å². The van der Waals surface area contributed by atoms with Crippen molar-refractivity contribution in [2.24, 2.45) is 0 Å². The van der Waals surface area contributed by atoms with E-state index >= 15 is 0 Å². The van der Waals surface area contributed by atoms with E-state index in [1.807, 2.05) is 11.3 Å². The van der Waals surface area contributed by atoms with E-state index in [4.69, 9.17) is 0 Å². The Kier molecular flexibility index (Phi) is 4.06. The molecule has 2 heteroatoms. The summed E-state index contributed by atoms with van der Waals surface area (Å²) in [7, 11) is 0. The second-order valence-electron chi connectivity index (χ2n) is 7.10. The van der Waals surface area contributed by atoms with Crippen LogP contribution in [0.15, 0.2) is 91.0 Å². The molecular formula is C25H21NS. The lowest BCUT2D eigenvalue weighted by atomic mass is 10.0. The van der Waals surface area contributed by atoms with Crippen molar-refractivity contribution in [2.45, 2.75) is 19.4 Å². The van der Waals surface area contributed by atoms with Crippen molar-refractivity contribution >= 4 is 42.9 Å². The summed E-state index contributed by atoms with van der Waals surface area (Å²) in [6, 6.07) is 24.7. The smallest absolute Gasteiger partial charge is 0.0559 e. The summed E-state index contributed by atoms with van der Waals surface area (Å²) in [6.07, 6.45) is 9.87. The van der Waals surface area contributed by atoms with E-state index in [0.29, 0.717) is 6.04 Å². The summed E-state index contributed by atoms with van der Waals surface area (Å²) in [6.45, 7) is 2.17. The number of nitrogens with zero attached hydrogens (tertiary/aromatic N) is 1. The van der Waals surface area contributed by atoms with Crippen LogP contribution in [0.1, 0.15) is 12.0 Å². The molecule has 0 bridgehead atoms. The molecule has 0 saturated heterocycles. The van der Waals surface area contributed by atoms with Crippen LogP contribution in [0.4, 0.5) is 11.4 Å². The largest absolute Gasteiger partial charge is 0.334 e. The quantitative estimate of drug-likeness (QED) is 0.365. The van der Waals surface area contributed by atoms with Gasteiger partial charge in [0.1, 0.15) is 0 Å². The molecule has 27 heavy (non-hydrogen) atoms. The van der Waals surface area contributed by atoms with E-state index in [1.54, 1.807) is 0 Å². The van der Waals surface area contributed by atoms with Crippen molar-refractivity contribution in [1.29, 1.82) is 0 Å². The fraction of sp³-hybridized carbons (Fsp3) is 0.120. The van der Waals surface area contributed by atoms with E-state index in [-0.39, 0.29) is 0 Å². The molecule has 132 valence electrons. The Balaban J connectivity index is 1.70. The van der Waals surface area contributed by atoms with Gasteiger partial charge in [0, 0.05) is 31.5 Å². The van der Waals surface area contributed by atoms with Crippen molar-refractivity contribution in [2.75, 3.05) is 4.90 Å². The maximum absolute atomic E-state index is 2.46. The highest BCUT2D eigenvalue weighted by Gasteiger charge is 2.19. The maximum atomic E-state index is 2.46. The summed E-state index contributed by atoms with van der Waals surface area (Å²) >= 11 is 1.88. The van der Waals surface area contributed by atoms with Crippen LogP contribution in [0.2, 0.25) is 0 Å². The van der Waals surface area contributed by atoms with Gasteiger partial charge in [0.15, 0.2) is 0 Å². The van der Waals surface area contributed by atoms with Gasteiger partial charge < -0.3 is 4.90 Å². The number of anilines is 2. The fourth-order valence-corrected chi connectivity index (χ4v) is 4.98. The van der Waals surface area contributed by atoms with Crippen molar-refractivity contribution in [1.82, 2.24) is 0 Å². The number of aryl methyl sites for hydroxylation is 1. The highest BCUT2D eigenvalue weighted by Crippen LogP contribution is 2.39. The SMILES string of the molecule is Cc1ccc2sc3ccc(N(c4ccccc4)C4C=CC=CC4)cc3c2c1. The van der Waals surface area contributed by atoms with E-state index in [2.05, 4.69) is 103 Å². The second kappa shape index (κ2) is 6.71. The third-order valence-corrected chi connectivity index (χ3v) is 6.36. The van der Waals surface area contributed by atoms with Crippen molar-refractivity contribution in [3.05, 3.63) is 96.6 Å². The predicted molar refractivity (Wildman–Crippen MR) is 119 cm³/mol. The third kappa shape index (κ3) is 2.96. The number of allylic oxidation sites excluding steroid dienone is 2. The molecule has 0 N–H and O–H groups in total. The van der Waals surface area contributed by atoms with Gasteiger partial charge in [0.25, 0.3) is 0 Å². The van der Waals surface area contributed by atoms with E-state index in [1.165, 1.54) is 37.1 Å². The Morgan fingerprint density at radius 3 is 2.37 bits per heavy atom. The number of hydrogen-bond acceptors (Lipinski definition) is 2. The van der Waals surface area contributed by atoms with E-state index in [0.717, 1.165) is 6.42 Å². The van der Waals surface area contributed by atoms with Crippen molar-refractivity contribution in [3.8, 4) is 0 Å². The summed E-state index contributed by atoms with van der Waals surface area (Å²) in [5.41, 5.74) is 3.80. The lowest BCUT2D eigenvalue weighted by molar-refractivity contribution is 0.785. The lowest BCUT2D eigenvalue weighted by Crippen LogP contribution is -2.29. The van der Waals surface area contributed by atoms with Crippen LogP contribution in [0.25, 0.3) is 20.2 Å². The molecule has 1 aliphatic carbocycles. The first-order chi connectivity index (χ1) is 13.3. The average molecular weight is 368 g/mol. The number of hydrogen-bond donors (Lipinski definition) is 0. The third-order valence-electron chi connectivity index (χ3n) is 5.21. The number of fused-ring (bicyclic) bond motifs is 3. The number of thiophene rings is 1. The van der Waals surface area contributed by atoms with Gasteiger partial charge in [-0.25, -0.2) is 0 Å². The Bertz CT molecular complexity index is 1170. The number of para-hydroxylation sites is 1. The Labute approximate surface area is 163 Å². The molecule has 0 aliphatic heterocycles. The van der Waals surface area contributed by atoms with Crippen LogP contribution in [0.5, 0.6) is 0 Å². The van der Waals surface area contributed by atoms with Gasteiger partial charge in [-0.15, -0.1) is 11.3 Å². The topological polar surface area (TPSA) is 3.24 Å². The average Bonchev–Trinajstić information content (AvgIpc) is 3.07. The zero-order chi connectivity index (χ0) is 18.2. The minimum atomic E-state index is 0.335. The molecule has 3 aromatic carbocycles. The first-order valence-corrected chi connectivity index (χ1v) is 10.2. The molecule has 0 spiro atoms. The Morgan fingerprint density at radius 2 is 1.59 bits per heavy atom. The lowest BCUT2D eigenvalue weighted by Gasteiger charge is -2.32. The van der Waals surface area contributed by atoms with Crippen molar-refractivity contribution < 1.29 is 0 Å². The Hall–Kier alpha value is -2.84. The monoisotopic (exact) mass is 367 g/mol. The number of rotatable bonds is 3. The van der Waals surface area contributed by atoms with E-state index < -0.39 is 0 Å². The minimum Gasteiger partial charge on any atom is -0.334 e. The van der Waals surface area contributed by atoms with Crippen molar-refractivity contribution in [3.63, 3.8) is 0 Å². The maximum Gasteiger partial charge on any atom is 0.0559 e.